The summed E-state index contributed by atoms with van der Waals surface area (Å²) >= 11 is 6.52. The molecule has 5 nitrogen and oxygen atoms in total. The van der Waals surface area contributed by atoms with E-state index in [-0.39, 0.29) is 17.6 Å². The van der Waals surface area contributed by atoms with Crippen LogP contribution in [0.1, 0.15) is 43.5 Å². The number of carbonyl (C=O) groups excluding carboxylic acids is 1. The van der Waals surface area contributed by atoms with Crippen molar-refractivity contribution in [3.8, 4) is 0 Å². The first-order valence-electron chi connectivity index (χ1n) is 8.85. The third-order valence-electron chi connectivity index (χ3n) is 4.68. The molecule has 0 spiro atoms. The summed E-state index contributed by atoms with van der Waals surface area (Å²) < 4.78 is 6.91. The average molecular weight is 363 g/mol. The quantitative estimate of drug-likeness (QED) is 0.775. The van der Waals surface area contributed by atoms with Crippen LogP contribution in [0.15, 0.2) is 23.1 Å². The molecule has 0 saturated carbocycles. The van der Waals surface area contributed by atoms with Crippen LogP contribution >= 0.6 is 11.6 Å². The lowest BCUT2D eigenvalue weighted by molar-refractivity contribution is 0.0524. The predicted molar refractivity (Wildman–Crippen MR) is 101 cm³/mol. The fourth-order valence-electron chi connectivity index (χ4n) is 3.39. The van der Waals surface area contributed by atoms with Crippen LogP contribution in [0.5, 0.6) is 0 Å². The van der Waals surface area contributed by atoms with Gasteiger partial charge >= 0.3 is 5.97 Å². The van der Waals surface area contributed by atoms with Crippen LogP contribution < -0.4 is 10.3 Å². The number of aryl methyl sites for hydroxylation is 1. The minimum Gasteiger partial charge on any atom is -0.462 e. The van der Waals surface area contributed by atoms with E-state index in [1.54, 1.807) is 13.1 Å². The zero-order chi connectivity index (χ0) is 18.0. The van der Waals surface area contributed by atoms with Crippen LogP contribution in [0, 0.1) is 0 Å². The van der Waals surface area contributed by atoms with Gasteiger partial charge in [0.25, 0.3) is 0 Å². The van der Waals surface area contributed by atoms with E-state index in [1.165, 1.54) is 6.42 Å². The molecular formula is C19H23ClN2O3. The molecule has 25 heavy (non-hydrogen) atoms. The predicted octanol–water partition coefficient (Wildman–Crippen LogP) is 3.84. The topological polar surface area (TPSA) is 51.5 Å². The van der Waals surface area contributed by atoms with Crippen molar-refractivity contribution in [2.24, 2.45) is 0 Å². The Morgan fingerprint density at radius 1 is 1.20 bits per heavy atom. The van der Waals surface area contributed by atoms with Crippen molar-refractivity contribution < 1.29 is 9.53 Å². The summed E-state index contributed by atoms with van der Waals surface area (Å²) in [5.74, 6) is -0.578. The Morgan fingerprint density at radius 3 is 2.56 bits per heavy atom. The monoisotopic (exact) mass is 362 g/mol. The van der Waals surface area contributed by atoms with Gasteiger partial charge in [0.2, 0.25) is 5.43 Å². The van der Waals surface area contributed by atoms with Crippen LogP contribution in [0.25, 0.3) is 10.9 Å². The number of carbonyl (C=O) groups is 1. The highest BCUT2D eigenvalue weighted by atomic mass is 35.5. The molecular weight excluding hydrogens is 340 g/mol. The average Bonchev–Trinajstić information content (AvgIpc) is 2.62. The molecule has 3 rings (SSSR count). The molecule has 0 atom stereocenters. The highest BCUT2D eigenvalue weighted by Gasteiger charge is 2.20. The van der Waals surface area contributed by atoms with E-state index < -0.39 is 5.97 Å². The van der Waals surface area contributed by atoms with E-state index in [4.69, 9.17) is 16.3 Å². The SMILES string of the molecule is CCOC(=O)c1cn(CC)c2cc(Cl)c(N3CCCCC3)cc2c1=O. The zero-order valence-electron chi connectivity index (χ0n) is 14.7. The van der Waals surface area contributed by atoms with Crippen LogP contribution in [0.2, 0.25) is 5.02 Å². The third-order valence-corrected chi connectivity index (χ3v) is 4.98. The highest BCUT2D eigenvalue weighted by Crippen LogP contribution is 2.32. The lowest BCUT2D eigenvalue weighted by atomic mass is 10.1. The minimum atomic E-state index is -0.578. The summed E-state index contributed by atoms with van der Waals surface area (Å²) in [6, 6.07) is 3.67. The van der Waals surface area contributed by atoms with Crippen molar-refractivity contribution in [2.45, 2.75) is 39.7 Å². The van der Waals surface area contributed by atoms with Gasteiger partial charge in [-0.3, -0.25) is 4.79 Å². The molecule has 134 valence electrons. The van der Waals surface area contributed by atoms with Gasteiger partial charge in [0.1, 0.15) is 5.56 Å². The Morgan fingerprint density at radius 2 is 1.92 bits per heavy atom. The number of halogens is 1. The number of hydrogen-bond acceptors (Lipinski definition) is 4. The highest BCUT2D eigenvalue weighted by molar-refractivity contribution is 6.34. The van der Waals surface area contributed by atoms with Crippen LogP contribution in [0.3, 0.4) is 0 Å². The molecule has 1 aliphatic rings. The fraction of sp³-hybridized carbons (Fsp3) is 0.474. The van der Waals surface area contributed by atoms with Gasteiger partial charge in [0, 0.05) is 31.2 Å². The van der Waals surface area contributed by atoms with E-state index in [2.05, 4.69) is 4.90 Å². The lowest BCUT2D eigenvalue weighted by Crippen LogP contribution is -2.30. The Hall–Kier alpha value is -2.01. The Balaban J connectivity index is 2.20. The van der Waals surface area contributed by atoms with Gasteiger partial charge < -0.3 is 14.2 Å². The number of benzene rings is 1. The summed E-state index contributed by atoms with van der Waals surface area (Å²) in [6.07, 6.45) is 5.03. The van der Waals surface area contributed by atoms with Crippen molar-refractivity contribution in [1.29, 1.82) is 0 Å². The second-order valence-corrected chi connectivity index (χ2v) is 6.65. The molecule has 0 amide bonds. The molecule has 0 bridgehead atoms. The van der Waals surface area contributed by atoms with Gasteiger partial charge in [-0.15, -0.1) is 0 Å². The first-order valence-corrected chi connectivity index (χ1v) is 9.23. The molecule has 0 N–H and O–H groups in total. The van der Waals surface area contributed by atoms with Crippen molar-refractivity contribution in [3.05, 3.63) is 39.1 Å². The maximum atomic E-state index is 12.9. The van der Waals surface area contributed by atoms with Crippen molar-refractivity contribution >= 4 is 34.2 Å². The summed E-state index contributed by atoms with van der Waals surface area (Å²) in [7, 11) is 0. The molecule has 2 aromatic rings. The zero-order valence-corrected chi connectivity index (χ0v) is 15.4. The largest absolute Gasteiger partial charge is 0.462 e. The molecule has 1 saturated heterocycles. The maximum Gasteiger partial charge on any atom is 0.343 e. The number of piperidine rings is 1. The van der Waals surface area contributed by atoms with Crippen LogP contribution in [-0.4, -0.2) is 30.2 Å². The Bertz CT molecular complexity index is 854. The van der Waals surface area contributed by atoms with Crippen LogP contribution in [0.4, 0.5) is 5.69 Å². The number of aromatic nitrogens is 1. The number of hydrogen-bond donors (Lipinski definition) is 0. The maximum absolute atomic E-state index is 12.9. The summed E-state index contributed by atoms with van der Waals surface area (Å²) in [4.78, 5) is 27.3. The first kappa shape index (κ1) is 17.8. The van der Waals surface area contributed by atoms with Crippen molar-refractivity contribution in [3.63, 3.8) is 0 Å². The van der Waals surface area contributed by atoms with Gasteiger partial charge in [-0.1, -0.05) is 11.6 Å². The van der Waals surface area contributed by atoms with Gasteiger partial charge in [0.15, 0.2) is 0 Å². The number of anilines is 1. The third kappa shape index (κ3) is 3.38. The number of fused-ring (bicyclic) bond motifs is 1. The van der Waals surface area contributed by atoms with E-state index >= 15 is 0 Å². The van der Waals surface area contributed by atoms with Crippen LogP contribution in [-0.2, 0) is 11.3 Å². The summed E-state index contributed by atoms with van der Waals surface area (Å²) in [5.41, 5.74) is 1.39. The first-order chi connectivity index (χ1) is 12.1. The Labute approximate surface area is 152 Å². The number of ether oxygens (including phenoxy) is 1. The molecule has 6 heteroatoms. The molecule has 2 heterocycles. The lowest BCUT2D eigenvalue weighted by Gasteiger charge is -2.30. The van der Waals surface area contributed by atoms with E-state index in [1.807, 2.05) is 23.6 Å². The number of nitrogens with zero attached hydrogens (tertiary/aromatic N) is 2. The van der Waals surface area contributed by atoms with E-state index in [0.29, 0.717) is 17.0 Å². The fourth-order valence-corrected chi connectivity index (χ4v) is 3.67. The van der Waals surface area contributed by atoms with E-state index in [0.717, 1.165) is 37.1 Å². The van der Waals surface area contributed by atoms with Crippen molar-refractivity contribution in [2.75, 3.05) is 24.6 Å². The molecule has 1 fully saturated rings. The second kappa shape index (κ2) is 7.48. The van der Waals surface area contributed by atoms with Crippen molar-refractivity contribution in [1.82, 2.24) is 4.57 Å². The second-order valence-electron chi connectivity index (χ2n) is 6.25. The van der Waals surface area contributed by atoms with Gasteiger partial charge in [-0.25, -0.2) is 4.79 Å². The van der Waals surface area contributed by atoms with Gasteiger partial charge in [-0.2, -0.15) is 0 Å². The Kier molecular flexibility index (Phi) is 5.33. The molecule has 1 aromatic carbocycles. The summed E-state index contributed by atoms with van der Waals surface area (Å²) in [5, 5.41) is 1.15. The smallest absolute Gasteiger partial charge is 0.343 e. The molecule has 0 unspecified atom stereocenters. The standard InChI is InChI=1S/C19H23ClN2O3/c1-3-21-12-14(19(24)25-4-2)18(23)13-10-17(15(20)11-16(13)21)22-8-6-5-7-9-22/h10-12H,3-9H2,1-2H3. The molecule has 0 aliphatic carbocycles. The molecule has 1 aromatic heterocycles. The van der Waals surface area contributed by atoms with Gasteiger partial charge in [0.05, 0.1) is 22.8 Å². The summed E-state index contributed by atoms with van der Waals surface area (Å²) in [6.45, 7) is 6.43. The normalized spacial score (nSPS) is 14.8. The number of rotatable bonds is 4. The number of pyridine rings is 1. The van der Waals surface area contributed by atoms with Gasteiger partial charge in [-0.05, 0) is 45.2 Å². The minimum absolute atomic E-state index is 0.0723. The number of esters is 1. The van der Waals surface area contributed by atoms with E-state index in [9.17, 15) is 9.59 Å². The molecule has 1 aliphatic heterocycles. The molecule has 0 radical (unpaired) electrons.